The standard InChI is InChI=1S/C15H24N2O3S.ClH/c1-10-6-11(2)15(20-5)14(7-10)21(18,19)17-8-12(3)16-13(4)9-17;/h6-7,12-13,16H,8-9H2,1-5H3;1H. The Labute approximate surface area is 139 Å². The van der Waals surface area contributed by atoms with Crippen molar-refractivity contribution in [3.8, 4) is 5.75 Å². The van der Waals surface area contributed by atoms with Gasteiger partial charge in [0.1, 0.15) is 10.6 Å². The molecule has 0 radical (unpaired) electrons. The van der Waals surface area contributed by atoms with E-state index in [0.29, 0.717) is 18.8 Å². The summed E-state index contributed by atoms with van der Waals surface area (Å²) in [4.78, 5) is 0.267. The molecule has 0 aliphatic carbocycles. The summed E-state index contributed by atoms with van der Waals surface area (Å²) in [6, 6.07) is 3.90. The maximum atomic E-state index is 13.0. The number of aryl methyl sites for hydroxylation is 2. The zero-order valence-electron chi connectivity index (χ0n) is 13.7. The molecule has 5 nitrogen and oxygen atoms in total. The number of hydrogen-bond acceptors (Lipinski definition) is 4. The third-order valence-corrected chi connectivity index (χ3v) is 5.57. The van der Waals surface area contributed by atoms with Gasteiger partial charge in [-0.1, -0.05) is 6.07 Å². The zero-order chi connectivity index (χ0) is 15.8. The van der Waals surface area contributed by atoms with Crippen LogP contribution in [0.1, 0.15) is 25.0 Å². The summed E-state index contributed by atoms with van der Waals surface area (Å²) in [7, 11) is -2.03. The van der Waals surface area contributed by atoms with Crippen molar-refractivity contribution in [3.63, 3.8) is 0 Å². The normalized spacial score (nSPS) is 23.0. The van der Waals surface area contributed by atoms with Gasteiger partial charge in [-0.3, -0.25) is 0 Å². The van der Waals surface area contributed by atoms with Gasteiger partial charge in [-0.05, 0) is 44.9 Å². The van der Waals surface area contributed by atoms with Crippen LogP contribution in [0.3, 0.4) is 0 Å². The molecule has 1 aromatic rings. The second kappa shape index (κ2) is 7.17. The molecule has 0 aromatic heterocycles. The second-order valence-corrected chi connectivity index (χ2v) is 7.81. The van der Waals surface area contributed by atoms with Crippen LogP contribution in [0.15, 0.2) is 17.0 Å². The van der Waals surface area contributed by atoms with Gasteiger partial charge < -0.3 is 10.1 Å². The highest BCUT2D eigenvalue weighted by atomic mass is 35.5. The molecule has 7 heteroatoms. The molecule has 2 unspecified atom stereocenters. The number of nitrogens with one attached hydrogen (secondary N) is 1. The molecule has 126 valence electrons. The van der Waals surface area contributed by atoms with E-state index in [1.54, 1.807) is 10.4 Å². The maximum Gasteiger partial charge on any atom is 0.246 e. The van der Waals surface area contributed by atoms with E-state index in [-0.39, 0.29) is 29.4 Å². The zero-order valence-corrected chi connectivity index (χ0v) is 15.3. The van der Waals surface area contributed by atoms with E-state index in [1.807, 2.05) is 33.8 Å². The molecule has 22 heavy (non-hydrogen) atoms. The van der Waals surface area contributed by atoms with E-state index in [0.717, 1.165) is 11.1 Å². The molecular formula is C15H25ClN2O3S. The van der Waals surface area contributed by atoms with Crippen LogP contribution in [-0.4, -0.2) is 45.0 Å². The summed E-state index contributed by atoms with van der Waals surface area (Å²) in [5.74, 6) is 0.444. The topological polar surface area (TPSA) is 58.6 Å². The smallest absolute Gasteiger partial charge is 0.246 e. The fourth-order valence-electron chi connectivity index (χ4n) is 2.98. The van der Waals surface area contributed by atoms with Gasteiger partial charge in [0, 0.05) is 25.2 Å². The molecule has 0 bridgehead atoms. The second-order valence-electron chi connectivity index (χ2n) is 5.90. The highest BCUT2D eigenvalue weighted by molar-refractivity contribution is 7.89. The Morgan fingerprint density at radius 2 is 1.73 bits per heavy atom. The number of halogens is 1. The molecule has 2 atom stereocenters. The molecule has 0 saturated carbocycles. The fraction of sp³-hybridized carbons (Fsp3) is 0.600. The summed E-state index contributed by atoms with van der Waals surface area (Å²) >= 11 is 0. The first-order chi connectivity index (χ1) is 9.75. The number of rotatable bonds is 3. The van der Waals surface area contributed by atoms with Crippen LogP contribution in [-0.2, 0) is 10.0 Å². The van der Waals surface area contributed by atoms with Gasteiger partial charge in [0.05, 0.1) is 7.11 Å². The van der Waals surface area contributed by atoms with Crippen LogP contribution >= 0.6 is 12.4 Å². The number of methoxy groups -OCH3 is 1. The molecule has 1 saturated heterocycles. The number of piperazine rings is 1. The Kier molecular flexibility index (Phi) is 6.27. The van der Waals surface area contributed by atoms with Crippen LogP contribution in [0.2, 0.25) is 0 Å². The number of nitrogens with zero attached hydrogens (tertiary/aromatic N) is 1. The van der Waals surface area contributed by atoms with E-state index in [1.165, 1.54) is 7.11 Å². The predicted molar refractivity (Wildman–Crippen MR) is 90.5 cm³/mol. The Balaban J connectivity index is 0.00000242. The lowest BCUT2D eigenvalue weighted by molar-refractivity contribution is 0.262. The number of ether oxygens (including phenoxy) is 1. The Morgan fingerprint density at radius 3 is 2.23 bits per heavy atom. The van der Waals surface area contributed by atoms with E-state index < -0.39 is 10.0 Å². The SMILES string of the molecule is COc1c(C)cc(C)cc1S(=O)(=O)N1CC(C)NC(C)C1.Cl. The van der Waals surface area contributed by atoms with Crippen LogP contribution in [0.5, 0.6) is 5.75 Å². The van der Waals surface area contributed by atoms with Crippen LogP contribution < -0.4 is 10.1 Å². The Bertz CT molecular complexity index is 624. The molecule has 1 aliphatic rings. The van der Waals surface area contributed by atoms with Crippen LogP contribution in [0, 0.1) is 13.8 Å². The first-order valence-electron chi connectivity index (χ1n) is 7.17. The van der Waals surface area contributed by atoms with E-state index >= 15 is 0 Å². The monoisotopic (exact) mass is 348 g/mol. The molecule has 1 aliphatic heterocycles. The van der Waals surface area contributed by atoms with Crippen molar-refractivity contribution in [2.45, 2.75) is 44.7 Å². The lowest BCUT2D eigenvalue weighted by atomic mass is 10.1. The van der Waals surface area contributed by atoms with E-state index in [2.05, 4.69) is 5.32 Å². The summed E-state index contributed by atoms with van der Waals surface area (Å²) in [6.45, 7) is 8.71. The number of benzene rings is 1. The van der Waals surface area contributed by atoms with Gasteiger partial charge in [0.2, 0.25) is 10.0 Å². The third-order valence-electron chi connectivity index (χ3n) is 3.73. The van der Waals surface area contributed by atoms with Crippen molar-refractivity contribution in [3.05, 3.63) is 23.3 Å². The minimum Gasteiger partial charge on any atom is -0.495 e. The fourth-order valence-corrected chi connectivity index (χ4v) is 4.91. The van der Waals surface area contributed by atoms with Crippen molar-refractivity contribution >= 4 is 22.4 Å². The van der Waals surface area contributed by atoms with Gasteiger partial charge in [-0.2, -0.15) is 4.31 Å². The van der Waals surface area contributed by atoms with Gasteiger partial charge in [0.25, 0.3) is 0 Å². The average molecular weight is 349 g/mol. The summed E-state index contributed by atoms with van der Waals surface area (Å²) < 4.78 is 32.9. The third kappa shape index (κ3) is 3.74. The van der Waals surface area contributed by atoms with Crippen LogP contribution in [0.4, 0.5) is 0 Å². The summed E-state index contributed by atoms with van der Waals surface area (Å²) in [6.07, 6.45) is 0. The Hall–Kier alpha value is -0.820. The molecular weight excluding hydrogens is 324 g/mol. The minimum absolute atomic E-state index is 0. The number of hydrogen-bond donors (Lipinski definition) is 1. The first kappa shape index (κ1) is 19.2. The maximum absolute atomic E-state index is 13.0. The van der Waals surface area contributed by atoms with Gasteiger partial charge in [-0.25, -0.2) is 8.42 Å². The molecule has 0 amide bonds. The molecule has 1 N–H and O–H groups in total. The molecule has 2 rings (SSSR count). The van der Waals surface area contributed by atoms with Crippen LogP contribution in [0.25, 0.3) is 0 Å². The first-order valence-corrected chi connectivity index (χ1v) is 8.61. The summed E-state index contributed by atoms with van der Waals surface area (Å²) in [5.41, 5.74) is 1.76. The highest BCUT2D eigenvalue weighted by Crippen LogP contribution is 2.32. The van der Waals surface area contributed by atoms with Crippen molar-refractivity contribution in [2.75, 3.05) is 20.2 Å². The minimum atomic E-state index is -3.55. The Morgan fingerprint density at radius 1 is 1.18 bits per heavy atom. The molecule has 1 aromatic carbocycles. The lowest BCUT2D eigenvalue weighted by Crippen LogP contribution is -2.55. The lowest BCUT2D eigenvalue weighted by Gasteiger charge is -2.35. The van der Waals surface area contributed by atoms with Gasteiger partial charge >= 0.3 is 0 Å². The quantitative estimate of drug-likeness (QED) is 0.908. The van der Waals surface area contributed by atoms with Crippen molar-refractivity contribution in [2.24, 2.45) is 0 Å². The van der Waals surface area contributed by atoms with E-state index in [4.69, 9.17) is 4.74 Å². The predicted octanol–water partition coefficient (Wildman–Crippen LogP) is 2.10. The number of sulfonamides is 1. The van der Waals surface area contributed by atoms with Crippen molar-refractivity contribution in [1.82, 2.24) is 9.62 Å². The molecule has 0 spiro atoms. The summed E-state index contributed by atoms with van der Waals surface area (Å²) in [5, 5.41) is 3.35. The largest absolute Gasteiger partial charge is 0.495 e. The molecule has 1 fully saturated rings. The molecule has 1 heterocycles. The highest BCUT2D eigenvalue weighted by Gasteiger charge is 2.33. The van der Waals surface area contributed by atoms with Gasteiger partial charge in [-0.15, -0.1) is 12.4 Å². The van der Waals surface area contributed by atoms with Crippen molar-refractivity contribution < 1.29 is 13.2 Å². The van der Waals surface area contributed by atoms with E-state index in [9.17, 15) is 8.42 Å². The van der Waals surface area contributed by atoms with Crippen molar-refractivity contribution in [1.29, 1.82) is 0 Å². The van der Waals surface area contributed by atoms with Gasteiger partial charge in [0.15, 0.2) is 0 Å². The average Bonchev–Trinajstić information content (AvgIpc) is 2.36.